The first-order valence-corrected chi connectivity index (χ1v) is 8.43. The van der Waals surface area contributed by atoms with E-state index in [0.29, 0.717) is 5.56 Å². The van der Waals surface area contributed by atoms with Crippen LogP contribution >= 0.6 is 0 Å². The Kier molecular flexibility index (Phi) is 6.17. The molecule has 0 unspecified atom stereocenters. The quantitative estimate of drug-likeness (QED) is 0.603. The van der Waals surface area contributed by atoms with E-state index in [0.717, 1.165) is 37.4 Å². The van der Waals surface area contributed by atoms with E-state index in [-0.39, 0.29) is 12.4 Å². The highest BCUT2D eigenvalue weighted by Crippen LogP contribution is 2.20. The Morgan fingerprint density at radius 3 is 2.64 bits per heavy atom. The summed E-state index contributed by atoms with van der Waals surface area (Å²) in [5, 5.41) is 3.43. The van der Waals surface area contributed by atoms with Crippen LogP contribution in [0.5, 0.6) is 5.75 Å². The van der Waals surface area contributed by atoms with Gasteiger partial charge in [-0.3, -0.25) is 0 Å². The van der Waals surface area contributed by atoms with Crippen LogP contribution in [-0.2, 0) is 19.7 Å². The van der Waals surface area contributed by atoms with Crippen molar-refractivity contribution in [1.29, 1.82) is 0 Å². The molecule has 4 nitrogen and oxygen atoms in total. The van der Waals surface area contributed by atoms with E-state index in [1.165, 1.54) is 6.07 Å². The minimum absolute atomic E-state index is 0.227. The van der Waals surface area contributed by atoms with E-state index in [9.17, 15) is 4.39 Å². The van der Waals surface area contributed by atoms with E-state index in [2.05, 4.69) is 14.9 Å². The van der Waals surface area contributed by atoms with Crippen LogP contribution in [0.2, 0.25) is 0 Å². The van der Waals surface area contributed by atoms with Gasteiger partial charge in [0.1, 0.15) is 18.2 Å². The normalized spacial score (nSPS) is 10.8. The molecule has 1 N–H and O–H groups in total. The topological polar surface area (TPSA) is 39.1 Å². The lowest BCUT2D eigenvalue weighted by atomic mass is 10.2. The predicted octanol–water partition coefficient (Wildman–Crippen LogP) is 3.78. The molecule has 0 atom stereocenters. The van der Waals surface area contributed by atoms with Gasteiger partial charge in [-0.15, -0.1) is 0 Å². The lowest BCUT2D eigenvalue weighted by molar-refractivity contribution is 0.296. The number of halogens is 1. The van der Waals surface area contributed by atoms with Crippen molar-refractivity contribution in [2.45, 2.75) is 26.1 Å². The van der Waals surface area contributed by atoms with Crippen molar-refractivity contribution in [3.05, 3.63) is 84.2 Å². The fourth-order valence-electron chi connectivity index (χ4n) is 2.59. The average Bonchev–Trinajstić information content (AvgIpc) is 3.15. The van der Waals surface area contributed by atoms with E-state index >= 15 is 0 Å². The van der Waals surface area contributed by atoms with Crippen molar-refractivity contribution in [2.75, 3.05) is 6.54 Å². The Labute approximate surface area is 147 Å². The van der Waals surface area contributed by atoms with Gasteiger partial charge in [0, 0.05) is 36.6 Å². The molecule has 0 spiro atoms. The molecule has 0 bridgehead atoms. The second-order valence-electron chi connectivity index (χ2n) is 5.82. The first-order valence-electron chi connectivity index (χ1n) is 8.43. The maximum atomic E-state index is 13.7. The van der Waals surface area contributed by atoms with Gasteiger partial charge in [0.15, 0.2) is 0 Å². The molecule has 0 aliphatic heterocycles. The lowest BCUT2D eigenvalue weighted by Crippen LogP contribution is -2.17. The molecule has 0 saturated heterocycles. The van der Waals surface area contributed by atoms with Crippen LogP contribution in [0.1, 0.15) is 17.5 Å². The van der Waals surface area contributed by atoms with Gasteiger partial charge in [-0.05, 0) is 25.1 Å². The van der Waals surface area contributed by atoms with E-state index in [4.69, 9.17) is 4.74 Å². The minimum atomic E-state index is -0.238. The van der Waals surface area contributed by atoms with Gasteiger partial charge in [0.2, 0.25) is 0 Å². The standard InChI is InChI=1S/C20H22FN3O/c21-19-8-3-1-7-18(19)15-25-20-9-4-2-6-17(20)14-22-10-5-12-24-13-11-23-16-24/h1-4,6-9,11,13,16,22H,5,10,12,14-15H2. The molecular weight excluding hydrogens is 317 g/mol. The van der Waals surface area contributed by atoms with E-state index < -0.39 is 0 Å². The number of hydrogen-bond donors (Lipinski definition) is 1. The highest BCUT2D eigenvalue weighted by Gasteiger charge is 2.05. The summed E-state index contributed by atoms with van der Waals surface area (Å²) in [7, 11) is 0. The molecule has 130 valence electrons. The lowest BCUT2D eigenvalue weighted by Gasteiger charge is -2.13. The number of aromatic nitrogens is 2. The number of ether oxygens (including phenoxy) is 1. The Balaban J connectivity index is 1.48. The summed E-state index contributed by atoms with van der Waals surface area (Å²) >= 11 is 0. The smallest absolute Gasteiger partial charge is 0.129 e. The molecule has 5 heteroatoms. The van der Waals surface area contributed by atoms with Crippen LogP contribution in [0, 0.1) is 5.82 Å². The maximum Gasteiger partial charge on any atom is 0.129 e. The monoisotopic (exact) mass is 339 g/mol. The van der Waals surface area contributed by atoms with Gasteiger partial charge >= 0.3 is 0 Å². The van der Waals surface area contributed by atoms with Crippen molar-refractivity contribution >= 4 is 0 Å². The molecule has 0 radical (unpaired) electrons. The molecule has 0 amide bonds. The van der Waals surface area contributed by atoms with Crippen LogP contribution < -0.4 is 10.1 Å². The average molecular weight is 339 g/mol. The van der Waals surface area contributed by atoms with Crippen LogP contribution in [-0.4, -0.2) is 16.1 Å². The van der Waals surface area contributed by atoms with Gasteiger partial charge in [-0.1, -0.05) is 36.4 Å². The Bertz CT molecular complexity index is 774. The highest BCUT2D eigenvalue weighted by molar-refractivity contribution is 5.33. The number of nitrogens with zero attached hydrogens (tertiary/aromatic N) is 2. The van der Waals surface area contributed by atoms with E-state index in [1.807, 2.05) is 42.9 Å². The number of hydrogen-bond acceptors (Lipinski definition) is 3. The zero-order chi connectivity index (χ0) is 17.3. The second-order valence-corrected chi connectivity index (χ2v) is 5.82. The third-order valence-electron chi connectivity index (χ3n) is 3.96. The fraction of sp³-hybridized carbons (Fsp3) is 0.250. The number of benzene rings is 2. The van der Waals surface area contributed by atoms with Crippen molar-refractivity contribution < 1.29 is 9.13 Å². The number of imidazole rings is 1. The molecule has 1 heterocycles. The molecular formula is C20H22FN3O. The van der Waals surface area contributed by atoms with Crippen molar-refractivity contribution in [2.24, 2.45) is 0 Å². The third kappa shape index (κ3) is 5.16. The van der Waals surface area contributed by atoms with Crippen LogP contribution in [0.3, 0.4) is 0 Å². The molecule has 3 aromatic rings. The van der Waals surface area contributed by atoms with E-state index in [1.54, 1.807) is 18.3 Å². The molecule has 3 rings (SSSR count). The maximum absolute atomic E-state index is 13.7. The Hall–Kier alpha value is -2.66. The van der Waals surface area contributed by atoms with Crippen LogP contribution in [0.15, 0.2) is 67.3 Å². The SMILES string of the molecule is Fc1ccccc1COc1ccccc1CNCCCn1ccnc1. The largest absolute Gasteiger partial charge is 0.488 e. The molecule has 2 aromatic carbocycles. The summed E-state index contributed by atoms with van der Waals surface area (Å²) in [5.74, 6) is 0.547. The second kappa shape index (κ2) is 8.99. The molecule has 0 aliphatic carbocycles. The number of rotatable bonds is 9. The van der Waals surface area contributed by atoms with Crippen molar-refractivity contribution in [3.63, 3.8) is 0 Å². The van der Waals surface area contributed by atoms with Gasteiger partial charge < -0.3 is 14.6 Å². The van der Waals surface area contributed by atoms with Gasteiger partial charge in [-0.2, -0.15) is 0 Å². The zero-order valence-corrected chi connectivity index (χ0v) is 14.1. The first kappa shape index (κ1) is 17.2. The first-order chi connectivity index (χ1) is 12.3. The fourth-order valence-corrected chi connectivity index (χ4v) is 2.59. The van der Waals surface area contributed by atoms with Crippen molar-refractivity contribution in [1.82, 2.24) is 14.9 Å². The summed E-state index contributed by atoms with van der Waals surface area (Å²) < 4.78 is 21.6. The predicted molar refractivity (Wildman–Crippen MR) is 95.7 cm³/mol. The third-order valence-corrected chi connectivity index (χ3v) is 3.96. The summed E-state index contributed by atoms with van der Waals surface area (Å²) in [4.78, 5) is 4.03. The van der Waals surface area contributed by atoms with Crippen LogP contribution in [0.4, 0.5) is 4.39 Å². The van der Waals surface area contributed by atoms with Crippen LogP contribution in [0.25, 0.3) is 0 Å². The zero-order valence-electron chi connectivity index (χ0n) is 14.1. The summed E-state index contributed by atoms with van der Waals surface area (Å²) in [6.45, 7) is 2.79. The molecule has 25 heavy (non-hydrogen) atoms. The Morgan fingerprint density at radius 1 is 1.04 bits per heavy atom. The minimum Gasteiger partial charge on any atom is -0.488 e. The number of para-hydroxylation sites is 1. The summed E-state index contributed by atoms with van der Waals surface area (Å²) in [6.07, 6.45) is 6.60. The molecule has 0 aliphatic rings. The number of aryl methyl sites for hydroxylation is 1. The highest BCUT2D eigenvalue weighted by atomic mass is 19.1. The molecule has 1 aromatic heterocycles. The molecule has 0 saturated carbocycles. The van der Waals surface area contributed by atoms with Gasteiger partial charge in [-0.25, -0.2) is 9.37 Å². The van der Waals surface area contributed by atoms with Gasteiger partial charge in [0.25, 0.3) is 0 Å². The number of nitrogens with one attached hydrogen (secondary N) is 1. The van der Waals surface area contributed by atoms with Crippen molar-refractivity contribution in [3.8, 4) is 5.75 Å². The summed E-state index contributed by atoms with van der Waals surface area (Å²) in [6, 6.07) is 14.6. The Morgan fingerprint density at radius 2 is 1.84 bits per heavy atom. The van der Waals surface area contributed by atoms with Gasteiger partial charge in [0.05, 0.1) is 6.33 Å². The summed E-state index contributed by atoms with van der Waals surface area (Å²) in [5.41, 5.74) is 1.63. The molecule has 0 fully saturated rings.